The maximum atomic E-state index is 11.8. The van der Waals surface area contributed by atoms with Crippen LogP contribution in [0.1, 0.15) is 37.7 Å². The molecule has 0 spiro atoms. The van der Waals surface area contributed by atoms with Crippen LogP contribution in [-0.4, -0.2) is 23.0 Å². The second-order valence-electron chi connectivity index (χ2n) is 5.43. The molecule has 1 saturated carbocycles. The molecule has 1 aromatic rings. The van der Waals surface area contributed by atoms with E-state index >= 15 is 0 Å². The van der Waals surface area contributed by atoms with Crippen LogP contribution in [-0.2, 0) is 4.79 Å². The van der Waals surface area contributed by atoms with Crippen molar-refractivity contribution in [2.75, 3.05) is 11.9 Å². The van der Waals surface area contributed by atoms with Gasteiger partial charge in [0.15, 0.2) is 0 Å². The summed E-state index contributed by atoms with van der Waals surface area (Å²) in [6.45, 7) is 0.121. The van der Waals surface area contributed by atoms with E-state index in [4.69, 9.17) is 23.2 Å². The lowest BCUT2D eigenvalue weighted by molar-refractivity contribution is -0.114. The molecule has 20 heavy (non-hydrogen) atoms. The van der Waals surface area contributed by atoms with Crippen molar-refractivity contribution in [2.24, 2.45) is 4.99 Å². The molecule has 1 fully saturated rings. The fourth-order valence-electron chi connectivity index (χ4n) is 2.98. The Morgan fingerprint density at radius 1 is 1.20 bits per heavy atom. The number of benzodiazepines with no additional fused rings is 1. The molecule has 1 heterocycles. The SMILES string of the molecule is O=C1CN=C(C2(Cl)CCCCC2)c2cc(Cl)ccc2N1. The lowest BCUT2D eigenvalue weighted by Gasteiger charge is -2.33. The molecule has 0 bridgehead atoms. The van der Waals surface area contributed by atoms with E-state index in [1.54, 1.807) is 6.07 Å². The number of benzene rings is 1. The van der Waals surface area contributed by atoms with Crippen molar-refractivity contribution >= 4 is 40.5 Å². The van der Waals surface area contributed by atoms with Crippen LogP contribution in [0.5, 0.6) is 0 Å². The molecule has 0 saturated heterocycles. The number of amides is 1. The van der Waals surface area contributed by atoms with E-state index < -0.39 is 4.87 Å². The third kappa shape index (κ3) is 2.57. The number of rotatable bonds is 1. The highest BCUT2D eigenvalue weighted by Gasteiger charge is 2.37. The Morgan fingerprint density at radius 3 is 2.70 bits per heavy atom. The first-order valence-electron chi connectivity index (χ1n) is 6.92. The summed E-state index contributed by atoms with van der Waals surface area (Å²) in [5, 5.41) is 3.49. The van der Waals surface area contributed by atoms with E-state index in [1.807, 2.05) is 12.1 Å². The van der Waals surface area contributed by atoms with E-state index in [0.29, 0.717) is 5.02 Å². The van der Waals surface area contributed by atoms with Gasteiger partial charge in [-0.2, -0.15) is 0 Å². The Hall–Kier alpha value is -1.06. The molecule has 1 aromatic carbocycles. The lowest BCUT2D eigenvalue weighted by atomic mass is 9.82. The summed E-state index contributed by atoms with van der Waals surface area (Å²) in [6, 6.07) is 5.44. The number of nitrogens with zero attached hydrogens (tertiary/aromatic N) is 1. The number of fused-ring (bicyclic) bond motifs is 1. The van der Waals surface area contributed by atoms with Gasteiger partial charge in [-0.15, -0.1) is 11.6 Å². The van der Waals surface area contributed by atoms with Gasteiger partial charge in [0.05, 0.1) is 16.3 Å². The zero-order valence-corrected chi connectivity index (χ0v) is 12.6. The molecule has 3 nitrogen and oxygen atoms in total. The molecule has 5 heteroatoms. The molecule has 2 aliphatic rings. The highest BCUT2D eigenvalue weighted by atomic mass is 35.5. The average molecular weight is 311 g/mol. The number of carbonyl (C=O) groups is 1. The van der Waals surface area contributed by atoms with Crippen molar-refractivity contribution in [2.45, 2.75) is 37.0 Å². The van der Waals surface area contributed by atoms with Crippen molar-refractivity contribution in [1.82, 2.24) is 0 Å². The van der Waals surface area contributed by atoms with Gasteiger partial charge in [0, 0.05) is 10.6 Å². The summed E-state index contributed by atoms with van der Waals surface area (Å²) in [4.78, 5) is 15.8. The normalized spacial score (nSPS) is 21.5. The van der Waals surface area contributed by atoms with Crippen LogP contribution in [0, 0.1) is 0 Å². The Bertz CT molecular complexity index is 577. The van der Waals surface area contributed by atoms with E-state index in [-0.39, 0.29) is 12.5 Å². The van der Waals surface area contributed by atoms with Crippen LogP contribution in [0.3, 0.4) is 0 Å². The molecular formula is C15H16Cl2N2O. The standard InChI is InChI=1S/C15H16Cl2N2O/c16-10-4-5-12-11(8-10)14(18-9-13(20)19-12)15(17)6-2-1-3-7-15/h4-5,8H,1-3,6-7,9H2,(H,19,20). The number of alkyl halides is 1. The number of hydrogen-bond donors (Lipinski definition) is 1. The van der Waals surface area contributed by atoms with Crippen LogP contribution < -0.4 is 5.32 Å². The van der Waals surface area contributed by atoms with Gasteiger partial charge in [-0.05, 0) is 31.0 Å². The zero-order valence-electron chi connectivity index (χ0n) is 11.1. The Balaban J connectivity index is 2.10. The van der Waals surface area contributed by atoms with Gasteiger partial charge in [-0.25, -0.2) is 0 Å². The highest BCUT2D eigenvalue weighted by Crippen LogP contribution is 2.40. The molecule has 1 N–H and O–H groups in total. The molecule has 1 aliphatic heterocycles. The largest absolute Gasteiger partial charge is 0.324 e. The third-order valence-electron chi connectivity index (χ3n) is 3.96. The molecular weight excluding hydrogens is 295 g/mol. The first-order valence-corrected chi connectivity index (χ1v) is 7.68. The zero-order chi connectivity index (χ0) is 14.2. The first kappa shape index (κ1) is 13.9. The smallest absolute Gasteiger partial charge is 0.246 e. The van der Waals surface area contributed by atoms with Gasteiger partial charge < -0.3 is 5.32 Å². The van der Waals surface area contributed by atoms with Crippen LogP contribution in [0.25, 0.3) is 0 Å². The number of nitrogens with one attached hydrogen (secondary N) is 1. The van der Waals surface area contributed by atoms with Gasteiger partial charge in [0.25, 0.3) is 0 Å². The van der Waals surface area contributed by atoms with E-state index in [9.17, 15) is 4.79 Å². The quantitative estimate of drug-likeness (QED) is 0.782. The molecule has 1 aliphatic carbocycles. The molecule has 1 amide bonds. The summed E-state index contributed by atoms with van der Waals surface area (Å²) in [5.74, 6) is -0.111. The molecule has 0 atom stereocenters. The van der Waals surface area contributed by atoms with Crippen molar-refractivity contribution in [3.8, 4) is 0 Å². The van der Waals surface area contributed by atoms with Crippen LogP contribution in [0.15, 0.2) is 23.2 Å². The average Bonchev–Trinajstić information content (AvgIpc) is 2.58. The molecule has 0 aromatic heterocycles. The number of anilines is 1. The topological polar surface area (TPSA) is 41.5 Å². The number of halogens is 2. The van der Waals surface area contributed by atoms with Gasteiger partial charge in [0.1, 0.15) is 6.54 Å². The van der Waals surface area contributed by atoms with Crippen LogP contribution in [0.2, 0.25) is 5.02 Å². The summed E-state index contributed by atoms with van der Waals surface area (Å²) in [5.41, 5.74) is 2.43. The number of aliphatic imine (C=N–C) groups is 1. The monoisotopic (exact) mass is 310 g/mol. The first-order chi connectivity index (χ1) is 9.58. The Kier molecular flexibility index (Phi) is 3.74. The van der Waals surface area contributed by atoms with Crippen molar-refractivity contribution in [3.05, 3.63) is 28.8 Å². The number of hydrogen-bond acceptors (Lipinski definition) is 2. The highest BCUT2D eigenvalue weighted by molar-refractivity contribution is 6.41. The fraction of sp³-hybridized carbons (Fsp3) is 0.467. The van der Waals surface area contributed by atoms with E-state index in [2.05, 4.69) is 10.3 Å². The van der Waals surface area contributed by atoms with Crippen LogP contribution >= 0.6 is 23.2 Å². The van der Waals surface area contributed by atoms with Gasteiger partial charge >= 0.3 is 0 Å². The Morgan fingerprint density at radius 2 is 1.95 bits per heavy atom. The molecule has 0 unspecified atom stereocenters. The van der Waals surface area contributed by atoms with Crippen molar-refractivity contribution < 1.29 is 4.79 Å². The van der Waals surface area contributed by atoms with Crippen molar-refractivity contribution in [1.29, 1.82) is 0 Å². The fourth-order valence-corrected chi connectivity index (χ4v) is 3.58. The summed E-state index contributed by atoms with van der Waals surface area (Å²) in [7, 11) is 0. The maximum absolute atomic E-state index is 11.8. The van der Waals surface area contributed by atoms with Gasteiger partial charge in [-0.1, -0.05) is 30.9 Å². The third-order valence-corrected chi connectivity index (χ3v) is 4.75. The molecule has 106 valence electrons. The predicted molar refractivity (Wildman–Crippen MR) is 83.2 cm³/mol. The second kappa shape index (κ2) is 5.38. The van der Waals surface area contributed by atoms with E-state index in [0.717, 1.165) is 42.6 Å². The maximum Gasteiger partial charge on any atom is 0.246 e. The second-order valence-corrected chi connectivity index (χ2v) is 6.59. The minimum Gasteiger partial charge on any atom is -0.324 e. The van der Waals surface area contributed by atoms with Crippen molar-refractivity contribution in [3.63, 3.8) is 0 Å². The predicted octanol–water partition coefficient (Wildman–Crippen LogP) is 4.02. The van der Waals surface area contributed by atoms with Crippen LogP contribution in [0.4, 0.5) is 5.69 Å². The lowest BCUT2D eigenvalue weighted by Crippen LogP contribution is -2.35. The number of carbonyl (C=O) groups excluding carboxylic acids is 1. The summed E-state index contributed by atoms with van der Waals surface area (Å²) < 4.78 is 0. The summed E-state index contributed by atoms with van der Waals surface area (Å²) in [6.07, 6.45) is 5.20. The Labute approximate surface area is 128 Å². The van der Waals surface area contributed by atoms with Gasteiger partial charge in [0.2, 0.25) is 5.91 Å². The molecule has 3 rings (SSSR count). The van der Waals surface area contributed by atoms with Gasteiger partial charge in [-0.3, -0.25) is 9.79 Å². The van der Waals surface area contributed by atoms with E-state index in [1.165, 1.54) is 6.42 Å². The minimum absolute atomic E-state index is 0.111. The minimum atomic E-state index is -0.468. The summed E-state index contributed by atoms with van der Waals surface area (Å²) >= 11 is 12.9. The molecule has 0 radical (unpaired) electrons.